The van der Waals surface area contributed by atoms with E-state index in [0.717, 1.165) is 18.7 Å². The molecule has 0 unspecified atom stereocenters. The fraction of sp³-hybridized carbons (Fsp3) is 0.367. The lowest BCUT2D eigenvalue weighted by Gasteiger charge is -2.32. The lowest BCUT2D eigenvalue weighted by Crippen LogP contribution is -2.47. The fourth-order valence-electron chi connectivity index (χ4n) is 5.39. The normalized spacial score (nSPS) is 17.1. The molecule has 2 aromatic heterocycles. The summed E-state index contributed by atoms with van der Waals surface area (Å²) < 4.78 is 37.6. The summed E-state index contributed by atoms with van der Waals surface area (Å²) in [5, 5.41) is 0. The van der Waals surface area contributed by atoms with Gasteiger partial charge in [0.15, 0.2) is 0 Å². The number of carbonyl (C=O) groups excluding carboxylic acids is 1. The van der Waals surface area contributed by atoms with Crippen LogP contribution in [0, 0.1) is 11.6 Å². The Morgan fingerprint density at radius 3 is 2.40 bits per heavy atom. The predicted molar refractivity (Wildman–Crippen MR) is 149 cm³/mol. The van der Waals surface area contributed by atoms with Gasteiger partial charge in [-0.2, -0.15) is 0 Å². The molecule has 0 radical (unpaired) electrons. The van der Waals surface area contributed by atoms with Crippen molar-refractivity contribution in [1.82, 2.24) is 29.2 Å². The molecule has 0 N–H and O–H groups in total. The van der Waals surface area contributed by atoms with Gasteiger partial charge in [0, 0.05) is 75.7 Å². The third kappa shape index (κ3) is 5.22. The number of fused-ring (bicyclic) bond motifs is 1. The topological polar surface area (TPSA) is 66.7 Å². The van der Waals surface area contributed by atoms with Crippen molar-refractivity contribution in [2.75, 3.05) is 59.5 Å². The summed E-state index contributed by atoms with van der Waals surface area (Å²) in [4.78, 5) is 28.7. The lowest BCUT2D eigenvalue weighted by atomic mass is 10.0. The molecule has 2 aliphatic rings. The highest BCUT2D eigenvalue weighted by Gasteiger charge is 2.24. The summed E-state index contributed by atoms with van der Waals surface area (Å²) >= 11 is 0. The van der Waals surface area contributed by atoms with E-state index in [1.807, 2.05) is 39.7 Å². The average Bonchev–Trinajstić information content (AvgIpc) is 3.36. The van der Waals surface area contributed by atoms with Crippen LogP contribution in [0.5, 0.6) is 0 Å². The highest BCUT2D eigenvalue weighted by molar-refractivity contribution is 5.95. The number of ether oxygens (including phenoxy) is 1. The third-order valence-electron chi connectivity index (χ3n) is 7.82. The molecular weight excluding hydrogens is 514 g/mol. The zero-order valence-electron chi connectivity index (χ0n) is 22.7. The molecule has 4 heterocycles. The number of aryl methyl sites for hydroxylation is 1. The molecule has 2 fully saturated rings. The molecule has 2 aliphatic heterocycles. The van der Waals surface area contributed by atoms with Gasteiger partial charge in [-0.25, -0.2) is 13.8 Å². The molecule has 6 rings (SSSR count). The summed E-state index contributed by atoms with van der Waals surface area (Å²) in [5.74, 6) is -1.19. The number of benzene rings is 2. The molecule has 2 aromatic carbocycles. The number of likely N-dealkylation sites (N-methyl/N-ethyl adjacent to an activating group) is 1. The Balaban J connectivity index is 1.32. The van der Waals surface area contributed by atoms with Crippen molar-refractivity contribution in [3.05, 3.63) is 71.7 Å². The smallest absolute Gasteiger partial charge is 0.270 e. The number of nitrogens with zero attached hydrogens (tertiary/aromatic N) is 6. The Kier molecular flexibility index (Phi) is 7.31. The number of amides is 1. The second-order valence-corrected chi connectivity index (χ2v) is 10.6. The monoisotopic (exact) mass is 546 g/mol. The maximum atomic E-state index is 15.2. The molecule has 8 nitrogen and oxygen atoms in total. The standard InChI is InChI=1S/C30H32F2N6O2/c1-35-6-8-38(9-7-35)30(39)28-16-21(18-36(28)2)27-17-33-26-5-3-4-22(29(26)34-27)20-14-24(31)23(25(32)15-20)19-37-10-12-40-13-11-37/h3-5,14-18H,6-13,19H2,1-2H3. The van der Waals surface area contributed by atoms with Crippen molar-refractivity contribution in [1.29, 1.82) is 0 Å². The van der Waals surface area contributed by atoms with E-state index in [1.54, 1.807) is 18.3 Å². The Labute approximate surface area is 231 Å². The van der Waals surface area contributed by atoms with Crippen molar-refractivity contribution >= 4 is 16.9 Å². The molecule has 40 heavy (non-hydrogen) atoms. The van der Waals surface area contributed by atoms with E-state index in [0.29, 0.717) is 72.9 Å². The lowest BCUT2D eigenvalue weighted by molar-refractivity contribution is 0.0332. The minimum Gasteiger partial charge on any atom is -0.379 e. The van der Waals surface area contributed by atoms with Gasteiger partial charge in [-0.05, 0) is 36.9 Å². The predicted octanol–water partition coefficient (Wildman–Crippen LogP) is 3.80. The molecule has 0 aliphatic carbocycles. The largest absolute Gasteiger partial charge is 0.379 e. The van der Waals surface area contributed by atoms with Crippen molar-refractivity contribution in [2.24, 2.45) is 7.05 Å². The van der Waals surface area contributed by atoms with Crippen molar-refractivity contribution in [3.63, 3.8) is 0 Å². The SMILES string of the molecule is CN1CCN(C(=O)c2cc(-c3cnc4cccc(-c5cc(F)c(CN6CCOCC6)c(F)c5)c4n3)cn2C)CC1. The number of para-hydroxylation sites is 1. The Bertz CT molecular complexity index is 1530. The van der Waals surface area contributed by atoms with Crippen LogP contribution in [-0.2, 0) is 18.3 Å². The van der Waals surface area contributed by atoms with Gasteiger partial charge in [0.05, 0.1) is 36.1 Å². The van der Waals surface area contributed by atoms with Crippen LogP contribution in [0.4, 0.5) is 8.78 Å². The van der Waals surface area contributed by atoms with Crippen LogP contribution in [0.25, 0.3) is 33.4 Å². The van der Waals surface area contributed by atoms with Crippen LogP contribution in [0.1, 0.15) is 16.1 Å². The molecule has 0 spiro atoms. The van der Waals surface area contributed by atoms with Gasteiger partial charge in [-0.3, -0.25) is 14.7 Å². The summed E-state index contributed by atoms with van der Waals surface area (Å²) in [6.07, 6.45) is 3.53. The molecule has 0 bridgehead atoms. The number of morpholine rings is 1. The van der Waals surface area contributed by atoms with Gasteiger partial charge in [-0.1, -0.05) is 12.1 Å². The van der Waals surface area contributed by atoms with Gasteiger partial charge >= 0.3 is 0 Å². The first-order valence-electron chi connectivity index (χ1n) is 13.6. The van der Waals surface area contributed by atoms with E-state index in [9.17, 15) is 4.79 Å². The second kappa shape index (κ2) is 11.0. The zero-order chi connectivity index (χ0) is 27.8. The van der Waals surface area contributed by atoms with Gasteiger partial charge in [0.25, 0.3) is 5.91 Å². The van der Waals surface area contributed by atoms with E-state index in [2.05, 4.69) is 16.9 Å². The molecular formula is C30H32F2N6O2. The van der Waals surface area contributed by atoms with Crippen LogP contribution in [0.2, 0.25) is 0 Å². The molecule has 208 valence electrons. The quantitative estimate of drug-likeness (QED) is 0.380. The van der Waals surface area contributed by atoms with Crippen LogP contribution in [0.15, 0.2) is 48.8 Å². The highest BCUT2D eigenvalue weighted by atomic mass is 19.1. The number of halogens is 2. The second-order valence-electron chi connectivity index (χ2n) is 10.6. The number of aromatic nitrogens is 3. The van der Waals surface area contributed by atoms with Crippen molar-refractivity contribution in [3.8, 4) is 22.4 Å². The van der Waals surface area contributed by atoms with Crippen molar-refractivity contribution in [2.45, 2.75) is 6.54 Å². The van der Waals surface area contributed by atoms with E-state index in [-0.39, 0.29) is 18.0 Å². The van der Waals surface area contributed by atoms with Gasteiger partial charge < -0.3 is 19.1 Å². The summed E-state index contributed by atoms with van der Waals surface area (Å²) in [6, 6.07) is 10.00. The van der Waals surface area contributed by atoms with E-state index >= 15 is 8.78 Å². The Morgan fingerprint density at radius 2 is 1.68 bits per heavy atom. The molecule has 4 aromatic rings. The number of rotatable bonds is 5. The molecule has 10 heteroatoms. The van der Waals surface area contributed by atoms with Crippen LogP contribution >= 0.6 is 0 Å². The summed E-state index contributed by atoms with van der Waals surface area (Å²) in [7, 11) is 3.90. The van der Waals surface area contributed by atoms with E-state index < -0.39 is 11.6 Å². The maximum absolute atomic E-state index is 15.2. The first-order chi connectivity index (χ1) is 19.4. The first-order valence-corrected chi connectivity index (χ1v) is 13.6. The Hall–Kier alpha value is -3.73. The Morgan fingerprint density at radius 1 is 0.950 bits per heavy atom. The van der Waals surface area contributed by atoms with Gasteiger partial charge in [0.2, 0.25) is 0 Å². The molecule has 2 saturated heterocycles. The van der Waals surface area contributed by atoms with Crippen LogP contribution in [-0.4, -0.2) is 94.7 Å². The summed E-state index contributed by atoms with van der Waals surface area (Å²) in [6.45, 7) is 5.67. The summed E-state index contributed by atoms with van der Waals surface area (Å²) in [5.41, 5.74) is 4.11. The minimum absolute atomic E-state index is 0.0144. The van der Waals surface area contributed by atoms with Gasteiger partial charge in [0.1, 0.15) is 17.3 Å². The molecule has 1 amide bonds. The zero-order valence-corrected chi connectivity index (χ0v) is 22.7. The third-order valence-corrected chi connectivity index (χ3v) is 7.82. The highest BCUT2D eigenvalue weighted by Crippen LogP contribution is 2.31. The van der Waals surface area contributed by atoms with Crippen LogP contribution < -0.4 is 0 Å². The number of carbonyl (C=O) groups is 1. The number of hydrogen-bond acceptors (Lipinski definition) is 6. The maximum Gasteiger partial charge on any atom is 0.270 e. The van der Waals surface area contributed by atoms with E-state index in [4.69, 9.17) is 9.72 Å². The minimum atomic E-state index is -0.585. The van der Waals surface area contributed by atoms with E-state index in [1.165, 1.54) is 12.1 Å². The first kappa shape index (κ1) is 26.5. The van der Waals surface area contributed by atoms with Crippen molar-refractivity contribution < 1.29 is 18.3 Å². The average molecular weight is 547 g/mol. The molecule has 0 atom stereocenters. The fourth-order valence-corrected chi connectivity index (χ4v) is 5.39. The van der Waals surface area contributed by atoms with Gasteiger partial charge in [-0.15, -0.1) is 0 Å². The number of hydrogen-bond donors (Lipinski definition) is 0. The molecule has 0 saturated carbocycles. The number of piperazine rings is 1. The van der Waals surface area contributed by atoms with Crippen LogP contribution in [0.3, 0.4) is 0 Å².